The van der Waals surface area contributed by atoms with Gasteiger partial charge in [0.2, 0.25) is 0 Å². The summed E-state index contributed by atoms with van der Waals surface area (Å²) < 4.78 is 10.6. The first-order chi connectivity index (χ1) is 14.4. The average Bonchev–Trinajstić information content (AvgIpc) is 2.78. The van der Waals surface area contributed by atoms with Crippen molar-refractivity contribution >= 4 is 5.97 Å². The zero-order valence-corrected chi connectivity index (χ0v) is 18.8. The molecule has 6 nitrogen and oxygen atoms in total. The number of rotatable bonds is 6. The predicted octanol–water partition coefficient (Wildman–Crippen LogP) is 4.32. The largest absolute Gasteiger partial charge is 0.508 e. The molecule has 0 unspecified atom stereocenters. The van der Waals surface area contributed by atoms with Crippen LogP contribution in [0.3, 0.4) is 0 Å². The molecule has 0 amide bonds. The van der Waals surface area contributed by atoms with Crippen molar-refractivity contribution in [3.05, 3.63) is 70.0 Å². The van der Waals surface area contributed by atoms with Crippen molar-refractivity contribution in [2.75, 3.05) is 20.8 Å². The highest BCUT2D eigenvalue weighted by Gasteiger charge is 2.17. The molecule has 30 heavy (non-hydrogen) atoms. The maximum absolute atomic E-state index is 12.6. The number of aromatic nitrogens is 1. The molecule has 0 fully saturated rings. The Morgan fingerprint density at radius 2 is 1.83 bits per heavy atom. The van der Waals surface area contributed by atoms with E-state index >= 15 is 0 Å². The van der Waals surface area contributed by atoms with Crippen molar-refractivity contribution in [2.24, 2.45) is 5.73 Å². The molecule has 0 aliphatic heterocycles. The number of nitrogens with two attached hydrogens (primary N) is 1. The molecule has 2 rings (SSSR count). The van der Waals surface area contributed by atoms with Crippen molar-refractivity contribution in [1.29, 1.82) is 0 Å². The van der Waals surface area contributed by atoms with Crippen molar-refractivity contribution < 1.29 is 19.4 Å². The summed E-state index contributed by atoms with van der Waals surface area (Å²) >= 11 is 0. The molecule has 1 aromatic heterocycles. The highest BCUT2D eigenvalue weighted by Crippen LogP contribution is 2.26. The Balaban J connectivity index is 0.00000218. The van der Waals surface area contributed by atoms with Crippen LogP contribution in [-0.2, 0) is 17.6 Å². The first-order valence-electron chi connectivity index (χ1n) is 10.0. The predicted molar refractivity (Wildman–Crippen MR) is 121 cm³/mol. The van der Waals surface area contributed by atoms with Crippen LogP contribution < -0.4 is 10.5 Å². The standard InChI is InChI=1S/C23H29NO4.CH5N/c1-6-28-23(26)22-16(3)20(21(25)8-7-13-24-17(22)4)12-10-18-14-19(27-5)11-9-15(18)2;1-2/h7-9,11,13-14,24-25H,6,10,12H2,1-5H3;2H2,1H3. The molecular formula is C24H34N2O4. The second-order valence-corrected chi connectivity index (χ2v) is 6.67. The van der Waals surface area contributed by atoms with Crippen LogP contribution in [0, 0.1) is 20.8 Å². The first-order valence-corrected chi connectivity index (χ1v) is 10.0. The Morgan fingerprint density at radius 1 is 1.13 bits per heavy atom. The fraction of sp³-hybridized carbons (Fsp3) is 0.375. The van der Waals surface area contributed by atoms with Gasteiger partial charge in [-0.25, -0.2) is 4.79 Å². The molecule has 0 saturated heterocycles. The van der Waals surface area contributed by atoms with E-state index in [1.165, 1.54) is 7.05 Å². The van der Waals surface area contributed by atoms with E-state index in [0.29, 0.717) is 36.3 Å². The van der Waals surface area contributed by atoms with Gasteiger partial charge in [-0.05, 0) is 94.1 Å². The highest BCUT2D eigenvalue weighted by atomic mass is 16.5. The van der Waals surface area contributed by atoms with Gasteiger partial charge in [0.15, 0.2) is 0 Å². The number of ether oxygens (including phenoxy) is 2. The molecule has 0 aliphatic rings. The van der Waals surface area contributed by atoms with Gasteiger partial charge in [-0.15, -0.1) is 0 Å². The van der Waals surface area contributed by atoms with Gasteiger partial charge in [0.1, 0.15) is 11.5 Å². The minimum Gasteiger partial charge on any atom is -0.508 e. The number of esters is 1. The van der Waals surface area contributed by atoms with Crippen LogP contribution >= 0.6 is 0 Å². The summed E-state index contributed by atoms with van der Waals surface area (Å²) in [5, 5.41) is 10.7. The van der Waals surface area contributed by atoms with Gasteiger partial charge in [-0.1, -0.05) is 6.07 Å². The highest BCUT2D eigenvalue weighted by molar-refractivity contribution is 5.92. The summed E-state index contributed by atoms with van der Waals surface area (Å²) in [6.07, 6.45) is 2.97. The zero-order valence-electron chi connectivity index (χ0n) is 18.8. The first kappa shape index (κ1) is 25.0. The third kappa shape index (κ3) is 6.52. The van der Waals surface area contributed by atoms with Gasteiger partial charge in [-0.2, -0.15) is 0 Å². The SMILES string of the molecule is CCOC(=O)c1c(C)[nH]cccc(O)c(CCc2cc(OC)ccc2C)c1C.CN. The number of benzene rings is 1. The van der Waals surface area contributed by atoms with Crippen LogP contribution in [0.4, 0.5) is 0 Å². The number of methoxy groups -OCH3 is 1. The molecule has 0 aliphatic carbocycles. The lowest BCUT2D eigenvalue weighted by atomic mass is 9.95. The summed E-state index contributed by atoms with van der Waals surface area (Å²) in [4.78, 5) is 15.6. The molecule has 1 heterocycles. The van der Waals surface area contributed by atoms with Crippen LogP contribution in [0.15, 0.2) is 36.5 Å². The minimum absolute atomic E-state index is 0.146. The molecule has 2 aromatic rings. The van der Waals surface area contributed by atoms with Gasteiger partial charge in [-0.3, -0.25) is 0 Å². The zero-order chi connectivity index (χ0) is 22.7. The Hall–Kier alpha value is -2.99. The number of nitrogens with one attached hydrogen (secondary N) is 1. The van der Waals surface area contributed by atoms with Crippen molar-refractivity contribution in [3.63, 3.8) is 0 Å². The molecule has 0 saturated carbocycles. The van der Waals surface area contributed by atoms with Gasteiger partial charge in [0.05, 0.1) is 19.3 Å². The normalized spacial score (nSPS) is 9.83. The Labute approximate surface area is 179 Å². The summed E-state index contributed by atoms with van der Waals surface area (Å²) in [7, 11) is 3.15. The van der Waals surface area contributed by atoms with E-state index in [-0.39, 0.29) is 5.75 Å². The number of hydrogen-bond acceptors (Lipinski definition) is 5. The van der Waals surface area contributed by atoms with E-state index in [9.17, 15) is 9.90 Å². The minimum atomic E-state index is -0.400. The van der Waals surface area contributed by atoms with Crippen LogP contribution in [0.5, 0.6) is 11.5 Å². The molecule has 6 heteroatoms. The van der Waals surface area contributed by atoms with E-state index < -0.39 is 5.97 Å². The number of aromatic hydroxyl groups is 1. The number of H-pyrrole nitrogens is 1. The molecule has 0 bridgehead atoms. The summed E-state index contributed by atoms with van der Waals surface area (Å²) in [5.74, 6) is 0.548. The molecule has 4 N–H and O–H groups in total. The van der Waals surface area contributed by atoms with Gasteiger partial charge in [0, 0.05) is 11.9 Å². The van der Waals surface area contributed by atoms with Crippen LogP contribution in [0.1, 0.15) is 45.2 Å². The summed E-state index contributed by atoms with van der Waals surface area (Å²) in [6.45, 7) is 7.79. The molecule has 1 aromatic carbocycles. The number of carbonyl (C=O) groups is 1. The number of aryl methyl sites for hydroxylation is 3. The maximum atomic E-state index is 12.6. The number of aromatic amines is 1. The van der Waals surface area contributed by atoms with E-state index in [1.807, 2.05) is 32.0 Å². The van der Waals surface area contributed by atoms with Gasteiger partial charge in [0.25, 0.3) is 0 Å². The molecule has 0 radical (unpaired) electrons. The lowest BCUT2D eigenvalue weighted by Crippen LogP contribution is -2.10. The van der Waals surface area contributed by atoms with E-state index in [1.54, 1.807) is 32.4 Å². The summed E-state index contributed by atoms with van der Waals surface area (Å²) in [6, 6.07) is 9.32. The van der Waals surface area contributed by atoms with Gasteiger partial charge < -0.3 is 25.3 Å². The Kier molecular flexibility index (Phi) is 10.5. The topological polar surface area (TPSA) is 97.6 Å². The van der Waals surface area contributed by atoms with Gasteiger partial charge >= 0.3 is 5.97 Å². The number of carbonyl (C=O) groups excluding carboxylic acids is 1. The van der Waals surface area contributed by atoms with E-state index in [4.69, 9.17) is 9.47 Å². The monoisotopic (exact) mass is 414 g/mol. The van der Waals surface area contributed by atoms with Crippen LogP contribution in [0.25, 0.3) is 0 Å². The third-order valence-electron chi connectivity index (χ3n) is 4.84. The molecular weight excluding hydrogens is 380 g/mol. The Morgan fingerprint density at radius 3 is 2.47 bits per heavy atom. The molecule has 0 atom stereocenters. The van der Waals surface area contributed by atoms with Crippen molar-refractivity contribution in [1.82, 2.24) is 4.98 Å². The van der Waals surface area contributed by atoms with E-state index in [2.05, 4.69) is 17.6 Å². The fourth-order valence-electron chi connectivity index (χ4n) is 3.24. The van der Waals surface area contributed by atoms with Crippen molar-refractivity contribution in [3.8, 4) is 11.5 Å². The smallest absolute Gasteiger partial charge is 0.340 e. The fourth-order valence-corrected chi connectivity index (χ4v) is 3.24. The lowest BCUT2D eigenvalue weighted by Gasteiger charge is -2.13. The van der Waals surface area contributed by atoms with Crippen molar-refractivity contribution in [2.45, 2.75) is 40.5 Å². The molecule has 0 spiro atoms. The van der Waals surface area contributed by atoms with E-state index in [0.717, 1.165) is 22.4 Å². The lowest BCUT2D eigenvalue weighted by molar-refractivity contribution is 0.0524. The number of hydrogen-bond donors (Lipinski definition) is 3. The van der Waals surface area contributed by atoms with Crippen LogP contribution in [0.2, 0.25) is 0 Å². The average molecular weight is 415 g/mol. The second-order valence-electron chi connectivity index (χ2n) is 6.67. The third-order valence-corrected chi connectivity index (χ3v) is 4.84. The van der Waals surface area contributed by atoms with Crippen LogP contribution in [-0.4, -0.2) is 36.8 Å². The second kappa shape index (κ2) is 12.5. The molecule has 164 valence electrons. The summed E-state index contributed by atoms with van der Waals surface area (Å²) in [5.41, 5.74) is 9.36. The quantitative estimate of drug-likeness (QED) is 0.612. The Bertz CT molecular complexity index is 902. The maximum Gasteiger partial charge on any atom is 0.340 e.